The standard InChI is InChI=1S/C54H104O6/c1-7-50(6)42-36-30-24-20-21-26-32-38-44-53(56)59-47-51(46-58-52(55)43-37-31-25-19-15-17-23-29-35-41-49(4)5)60-54(57)45-39-33-27-18-14-12-10-8-9-11-13-16-22-28-34-40-48(2)3/h48-51H,7-47H2,1-6H3/t50?,51-/m0/s1. The van der Waals surface area contributed by atoms with Gasteiger partial charge >= 0.3 is 17.9 Å². The van der Waals surface area contributed by atoms with Crippen molar-refractivity contribution in [1.29, 1.82) is 0 Å². The highest BCUT2D eigenvalue weighted by Gasteiger charge is 2.19. The molecule has 0 aromatic carbocycles. The highest BCUT2D eigenvalue weighted by Crippen LogP contribution is 2.18. The molecule has 0 bridgehead atoms. The summed E-state index contributed by atoms with van der Waals surface area (Å²) in [5.41, 5.74) is 0. The maximum atomic E-state index is 12.8. The molecule has 0 heterocycles. The largest absolute Gasteiger partial charge is 0.462 e. The molecule has 2 atom stereocenters. The lowest BCUT2D eigenvalue weighted by atomic mass is 9.99. The van der Waals surface area contributed by atoms with E-state index in [1.165, 1.54) is 173 Å². The monoisotopic (exact) mass is 849 g/mol. The third-order valence-electron chi connectivity index (χ3n) is 12.5. The highest BCUT2D eigenvalue weighted by atomic mass is 16.6. The lowest BCUT2D eigenvalue weighted by Crippen LogP contribution is -2.30. The van der Waals surface area contributed by atoms with Gasteiger partial charge in [0.1, 0.15) is 13.2 Å². The molecule has 356 valence electrons. The van der Waals surface area contributed by atoms with E-state index in [0.29, 0.717) is 19.3 Å². The van der Waals surface area contributed by atoms with Gasteiger partial charge in [-0.05, 0) is 37.0 Å². The summed E-state index contributed by atoms with van der Waals surface area (Å²) >= 11 is 0. The molecule has 0 aliphatic rings. The summed E-state index contributed by atoms with van der Waals surface area (Å²) in [7, 11) is 0. The van der Waals surface area contributed by atoms with E-state index >= 15 is 0 Å². The molecule has 0 aliphatic heterocycles. The minimum atomic E-state index is -0.763. The summed E-state index contributed by atoms with van der Waals surface area (Å²) in [5, 5.41) is 0. The number of esters is 3. The minimum Gasteiger partial charge on any atom is -0.462 e. The van der Waals surface area contributed by atoms with E-state index in [-0.39, 0.29) is 31.1 Å². The van der Waals surface area contributed by atoms with Crippen LogP contribution in [0.25, 0.3) is 0 Å². The molecule has 0 N–H and O–H groups in total. The van der Waals surface area contributed by atoms with Gasteiger partial charge in [-0.2, -0.15) is 0 Å². The molecule has 0 saturated heterocycles. The number of carbonyl (C=O) groups excluding carboxylic acids is 3. The summed E-state index contributed by atoms with van der Waals surface area (Å²) in [5.74, 6) is 1.65. The van der Waals surface area contributed by atoms with Crippen LogP contribution in [0.3, 0.4) is 0 Å². The van der Waals surface area contributed by atoms with Crippen molar-refractivity contribution >= 4 is 17.9 Å². The number of hydrogen-bond donors (Lipinski definition) is 0. The van der Waals surface area contributed by atoms with Gasteiger partial charge in [0.05, 0.1) is 0 Å². The first-order valence-electron chi connectivity index (χ1n) is 26.6. The zero-order valence-electron chi connectivity index (χ0n) is 41.3. The predicted octanol–water partition coefficient (Wildman–Crippen LogP) is 17.2. The van der Waals surface area contributed by atoms with Crippen molar-refractivity contribution in [2.24, 2.45) is 17.8 Å². The predicted molar refractivity (Wildman–Crippen MR) is 256 cm³/mol. The number of rotatable bonds is 47. The molecule has 0 spiro atoms. The van der Waals surface area contributed by atoms with Crippen LogP contribution in [0.1, 0.15) is 292 Å². The van der Waals surface area contributed by atoms with Crippen molar-refractivity contribution < 1.29 is 28.6 Å². The maximum Gasteiger partial charge on any atom is 0.306 e. The first-order chi connectivity index (χ1) is 29.1. The Kier molecular flexibility index (Phi) is 44.2. The summed E-state index contributed by atoms with van der Waals surface area (Å²) in [6, 6.07) is 0. The van der Waals surface area contributed by atoms with Crippen molar-refractivity contribution in [3.05, 3.63) is 0 Å². The molecular weight excluding hydrogens is 745 g/mol. The molecule has 6 nitrogen and oxygen atoms in total. The van der Waals surface area contributed by atoms with Crippen molar-refractivity contribution in [2.45, 2.75) is 298 Å². The summed E-state index contributed by atoms with van der Waals surface area (Å²) in [6.45, 7) is 13.7. The van der Waals surface area contributed by atoms with Crippen LogP contribution in [0, 0.1) is 17.8 Å². The molecule has 1 unspecified atom stereocenters. The molecule has 0 saturated carbocycles. The van der Waals surface area contributed by atoms with Gasteiger partial charge in [0.2, 0.25) is 0 Å². The van der Waals surface area contributed by atoms with Crippen LogP contribution < -0.4 is 0 Å². The van der Waals surface area contributed by atoms with E-state index in [1.807, 2.05) is 0 Å². The van der Waals surface area contributed by atoms with Gasteiger partial charge in [-0.25, -0.2) is 0 Å². The average Bonchev–Trinajstić information content (AvgIpc) is 3.22. The third kappa shape index (κ3) is 45.9. The maximum absolute atomic E-state index is 12.8. The molecule has 0 fully saturated rings. The Bertz CT molecular complexity index is 931. The van der Waals surface area contributed by atoms with Gasteiger partial charge in [0.15, 0.2) is 6.10 Å². The topological polar surface area (TPSA) is 78.9 Å². The normalized spacial score (nSPS) is 12.6. The Balaban J connectivity index is 4.30. The van der Waals surface area contributed by atoms with Crippen molar-refractivity contribution in [1.82, 2.24) is 0 Å². The second-order valence-corrected chi connectivity index (χ2v) is 19.7. The van der Waals surface area contributed by atoms with Crippen molar-refractivity contribution in [2.75, 3.05) is 13.2 Å². The molecule has 0 radical (unpaired) electrons. The zero-order chi connectivity index (χ0) is 44.2. The van der Waals surface area contributed by atoms with Gasteiger partial charge in [0.25, 0.3) is 0 Å². The van der Waals surface area contributed by atoms with Crippen LogP contribution in [-0.4, -0.2) is 37.2 Å². The quantitative estimate of drug-likeness (QED) is 0.0345. The summed E-state index contributed by atoms with van der Waals surface area (Å²) in [6.07, 6.45) is 45.2. The van der Waals surface area contributed by atoms with Crippen LogP contribution in [0.15, 0.2) is 0 Å². The van der Waals surface area contributed by atoms with E-state index in [2.05, 4.69) is 41.5 Å². The molecule has 0 aromatic rings. The van der Waals surface area contributed by atoms with Gasteiger partial charge < -0.3 is 14.2 Å². The molecule has 0 amide bonds. The Labute approximate surface area is 374 Å². The second kappa shape index (κ2) is 45.4. The van der Waals surface area contributed by atoms with Gasteiger partial charge in [0, 0.05) is 19.3 Å². The number of unbranched alkanes of at least 4 members (excludes halogenated alkanes) is 29. The molecule has 0 aromatic heterocycles. The Morgan fingerprint density at radius 1 is 0.333 bits per heavy atom. The van der Waals surface area contributed by atoms with E-state index < -0.39 is 6.10 Å². The Hall–Kier alpha value is -1.59. The fraction of sp³-hybridized carbons (Fsp3) is 0.944. The van der Waals surface area contributed by atoms with Gasteiger partial charge in [-0.15, -0.1) is 0 Å². The van der Waals surface area contributed by atoms with Crippen LogP contribution in [0.2, 0.25) is 0 Å². The minimum absolute atomic E-state index is 0.0650. The number of carbonyl (C=O) groups is 3. The Morgan fingerprint density at radius 3 is 0.867 bits per heavy atom. The van der Waals surface area contributed by atoms with E-state index in [0.717, 1.165) is 75.5 Å². The van der Waals surface area contributed by atoms with E-state index in [4.69, 9.17) is 14.2 Å². The van der Waals surface area contributed by atoms with Crippen LogP contribution in [-0.2, 0) is 28.6 Å². The number of ether oxygens (including phenoxy) is 3. The first kappa shape index (κ1) is 58.4. The number of hydrogen-bond acceptors (Lipinski definition) is 6. The third-order valence-corrected chi connectivity index (χ3v) is 12.5. The summed E-state index contributed by atoms with van der Waals surface area (Å²) in [4.78, 5) is 38.0. The first-order valence-corrected chi connectivity index (χ1v) is 26.6. The van der Waals surface area contributed by atoms with Crippen molar-refractivity contribution in [3.63, 3.8) is 0 Å². The lowest BCUT2D eigenvalue weighted by molar-refractivity contribution is -0.167. The Morgan fingerprint density at radius 2 is 0.583 bits per heavy atom. The average molecular weight is 849 g/mol. The molecule has 0 rings (SSSR count). The van der Waals surface area contributed by atoms with Gasteiger partial charge in [-0.3, -0.25) is 14.4 Å². The van der Waals surface area contributed by atoms with Crippen molar-refractivity contribution in [3.8, 4) is 0 Å². The fourth-order valence-corrected chi connectivity index (χ4v) is 8.08. The summed E-state index contributed by atoms with van der Waals surface area (Å²) < 4.78 is 16.8. The van der Waals surface area contributed by atoms with E-state index in [9.17, 15) is 14.4 Å². The zero-order valence-corrected chi connectivity index (χ0v) is 41.3. The lowest BCUT2D eigenvalue weighted by Gasteiger charge is -2.18. The van der Waals surface area contributed by atoms with Crippen LogP contribution in [0.5, 0.6) is 0 Å². The fourth-order valence-electron chi connectivity index (χ4n) is 8.08. The highest BCUT2D eigenvalue weighted by molar-refractivity contribution is 5.71. The van der Waals surface area contributed by atoms with Gasteiger partial charge in [-0.1, -0.05) is 253 Å². The molecule has 60 heavy (non-hydrogen) atoms. The molecule has 6 heteroatoms. The second-order valence-electron chi connectivity index (χ2n) is 19.7. The smallest absolute Gasteiger partial charge is 0.306 e. The van der Waals surface area contributed by atoms with Crippen LogP contribution >= 0.6 is 0 Å². The van der Waals surface area contributed by atoms with Crippen LogP contribution in [0.4, 0.5) is 0 Å². The van der Waals surface area contributed by atoms with E-state index in [1.54, 1.807) is 0 Å². The SMILES string of the molecule is CCC(C)CCCCCCCCCCC(=O)OC[C@H](COC(=O)CCCCCCCCCCCC(C)C)OC(=O)CCCCCCCCCCCCCCCCCC(C)C. The molecule has 0 aliphatic carbocycles. The molecular formula is C54H104O6.